The standard InChI is InChI=1S/C25H26N8O3/c1-14(2)36-22-10-26-19(9-21(22)32-11-20(27-13-32)16-7-8-16)25(34)28-18-6-4-5-17-23(18)35-12-15(3)33-24(17)29-30-31-33/h4-6,9-11,13-16H,7-8,12H2,1-3H3,(H,28,34)/t15-/m1/s1. The lowest BCUT2D eigenvalue weighted by molar-refractivity contribution is 0.102. The topological polar surface area (TPSA) is 122 Å². The van der Waals surface area contributed by atoms with E-state index in [0.717, 1.165) is 18.5 Å². The van der Waals surface area contributed by atoms with Gasteiger partial charge in [0.05, 0.1) is 47.3 Å². The zero-order valence-corrected chi connectivity index (χ0v) is 20.3. The average molecular weight is 487 g/mol. The predicted octanol–water partition coefficient (Wildman–Crippen LogP) is 3.79. The molecule has 0 spiro atoms. The van der Waals surface area contributed by atoms with E-state index in [4.69, 9.17) is 9.47 Å². The molecule has 1 aliphatic heterocycles. The van der Waals surface area contributed by atoms with Crippen molar-refractivity contribution in [3.63, 3.8) is 0 Å². The molecule has 36 heavy (non-hydrogen) atoms. The highest BCUT2D eigenvalue weighted by atomic mass is 16.5. The number of benzene rings is 1. The molecule has 1 saturated carbocycles. The molecule has 0 unspecified atom stereocenters. The van der Waals surface area contributed by atoms with Crippen LogP contribution in [0.2, 0.25) is 0 Å². The van der Waals surface area contributed by atoms with Crippen molar-refractivity contribution in [1.82, 2.24) is 34.7 Å². The Morgan fingerprint density at radius 3 is 2.92 bits per heavy atom. The highest BCUT2D eigenvalue weighted by Gasteiger charge is 2.27. The first-order chi connectivity index (χ1) is 17.5. The normalized spacial score (nSPS) is 16.6. The fraction of sp³-hybridized carbons (Fsp3) is 0.360. The van der Waals surface area contributed by atoms with Crippen LogP contribution >= 0.6 is 0 Å². The number of imidazole rings is 1. The van der Waals surface area contributed by atoms with Crippen LogP contribution in [0.25, 0.3) is 17.1 Å². The van der Waals surface area contributed by atoms with Crippen molar-refractivity contribution in [2.45, 2.75) is 51.7 Å². The lowest BCUT2D eigenvalue weighted by atomic mass is 10.1. The van der Waals surface area contributed by atoms with Gasteiger partial charge in [-0.1, -0.05) is 6.07 Å². The minimum Gasteiger partial charge on any atom is -0.488 e. The molecule has 1 aliphatic carbocycles. The number of aromatic nitrogens is 7. The van der Waals surface area contributed by atoms with E-state index >= 15 is 0 Å². The number of para-hydroxylation sites is 1. The van der Waals surface area contributed by atoms with Gasteiger partial charge >= 0.3 is 0 Å². The number of amides is 1. The second-order valence-electron chi connectivity index (χ2n) is 9.43. The summed E-state index contributed by atoms with van der Waals surface area (Å²) in [5.41, 5.74) is 3.23. The number of ether oxygens (including phenoxy) is 2. The number of tetrazole rings is 1. The van der Waals surface area contributed by atoms with Gasteiger partial charge in [0.1, 0.15) is 12.3 Å². The van der Waals surface area contributed by atoms with Crippen LogP contribution in [-0.4, -0.2) is 53.4 Å². The van der Waals surface area contributed by atoms with Crippen LogP contribution in [0.3, 0.4) is 0 Å². The Hall–Kier alpha value is -4.28. The molecule has 0 saturated heterocycles. The van der Waals surface area contributed by atoms with Crippen molar-refractivity contribution < 1.29 is 14.3 Å². The number of carbonyl (C=O) groups is 1. The maximum atomic E-state index is 13.3. The van der Waals surface area contributed by atoms with E-state index < -0.39 is 0 Å². The molecule has 1 aromatic carbocycles. The maximum absolute atomic E-state index is 13.3. The Bertz CT molecular complexity index is 1440. The lowest BCUT2D eigenvalue weighted by Crippen LogP contribution is -2.17. The monoisotopic (exact) mass is 486 g/mol. The van der Waals surface area contributed by atoms with E-state index in [-0.39, 0.29) is 23.7 Å². The molecule has 1 fully saturated rings. The SMILES string of the molecule is CC(C)Oc1cnc(C(=O)Nc2cccc3c2OC[C@@H](C)n2nnnc2-3)cc1-n1cnc(C2CC2)c1. The van der Waals surface area contributed by atoms with Crippen LogP contribution in [0.4, 0.5) is 5.69 Å². The molecule has 2 aliphatic rings. The van der Waals surface area contributed by atoms with Gasteiger partial charge in [0.15, 0.2) is 17.3 Å². The third-order valence-electron chi connectivity index (χ3n) is 6.20. The van der Waals surface area contributed by atoms with Crippen LogP contribution < -0.4 is 14.8 Å². The fourth-order valence-corrected chi connectivity index (χ4v) is 4.26. The van der Waals surface area contributed by atoms with Crippen molar-refractivity contribution in [2.24, 2.45) is 0 Å². The number of hydrogen-bond acceptors (Lipinski definition) is 8. The first kappa shape index (κ1) is 22.2. The van der Waals surface area contributed by atoms with E-state index in [1.807, 2.05) is 43.7 Å². The number of nitrogens with zero attached hydrogens (tertiary/aromatic N) is 7. The molecule has 0 radical (unpaired) electrons. The molecule has 11 nitrogen and oxygen atoms in total. The van der Waals surface area contributed by atoms with Gasteiger partial charge in [0.25, 0.3) is 5.91 Å². The average Bonchev–Trinajstić information content (AvgIpc) is 3.42. The largest absolute Gasteiger partial charge is 0.488 e. The Balaban J connectivity index is 1.33. The summed E-state index contributed by atoms with van der Waals surface area (Å²) in [4.78, 5) is 22.3. The number of rotatable bonds is 6. The Labute approximate surface area is 207 Å². The summed E-state index contributed by atoms with van der Waals surface area (Å²) in [5.74, 6) is 1.84. The van der Waals surface area contributed by atoms with Crippen molar-refractivity contribution in [1.29, 1.82) is 0 Å². The molecule has 0 bridgehead atoms. The third-order valence-corrected chi connectivity index (χ3v) is 6.20. The Kier molecular flexibility index (Phi) is 5.39. The minimum atomic E-state index is -0.372. The highest BCUT2D eigenvalue weighted by molar-refractivity contribution is 6.04. The molecule has 6 rings (SSSR count). The van der Waals surface area contributed by atoms with E-state index in [0.29, 0.717) is 46.8 Å². The minimum absolute atomic E-state index is 0.0486. The predicted molar refractivity (Wildman–Crippen MR) is 131 cm³/mol. The van der Waals surface area contributed by atoms with Crippen molar-refractivity contribution in [2.75, 3.05) is 11.9 Å². The van der Waals surface area contributed by atoms with Gasteiger partial charge in [-0.3, -0.25) is 4.79 Å². The van der Waals surface area contributed by atoms with Gasteiger partial charge in [-0.15, -0.1) is 5.10 Å². The van der Waals surface area contributed by atoms with Crippen LogP contribution in [-0.2, 0) is 0 Å². The molecule has 1 atom stereocenters. The summed E-state index contributed by atoms with van der Waals surface area (Å²) < 4.78 is 15.7. The van der Waals surface area contributed by atoms with E-state index in [9.17, 15) is 4.79 Å². The molecule has 11 heteroatoms. The zero-order chi connectivity index (χ0) is 24.8. The van der Waals surface area contributed by atoms with Crippen molar-refractivity contribution in [3.05, 3.63) is 54.4 Å². The smallest absolute Gasteiger partial charge is 0.274 e. The van der Waals surface area contributed by atoms with Gasteiger partial charge in [-0.05, 0) is 62.2 Å². The number of fused-ring (bicyclic) bond motifs is 3. The molecule has 4 heterocycles. The number of carbonyl (C=O) groups excluding carboxylic acids is 1. The Morgan fingerprint density at radius 1 is 1.25 bits per heavy atom. The van der Waals surface area contributed by atoms with E-state index in [1.54, 1.807) is 29.3 Å². The maximum Gasteiger partial charge on any atom is 0.274 e. The van der Waals surface area contributed by atoms with Gasteiger partial charge in [-0.25, -0.2) is 14.6 Å². The van der Waals surface area contributed by atoms with Gasteiger partial charge in [0.2, 0.25) is 0 Å². The summed E-state index contributed by atoms with van der Waals surface area (Å²) in [7, 11) is 0. The van der Waals surface area contributed by atoms with Crippen LogP contribution in [0.5, 0.6) is 11.5 Å². The Morgan fingerprint density at radius 2 is 2.11 bits per heavy atom. The third kappa shape index (κ3) is 4.06. The van der Waals surface area contributed by atoms with Crippen molar-refractivity contribution in [3.8, 4) is 28.6 Å². The number of hydrogen-bond donors (Lipinski definition) is 1. The van der Waals surface area contributed by atoms with Crippen LogP contribution in [0.15, 0.2) is 43.0 Å². The molecule has 4 aromatic rings. The number of nitrogens with one attached hydrogen (secondary N) is 1. The zero-order valence-electron chi connectivity index (χ0n) is 20.3. The highest BCUT2D eigenvalue weighted by Crippen LogP contribution is 2.40. The second-order valence-corrected chi connectivity index (χ2v) is 9.43. The van der Waals surface area contributed by atoms with Gasteiger partial charge in [-0.2, -0.15) is 0 Å². The molecule has 3 aromatic heterocycles. The molecular formula is C25H26N8O3. The first-order valence-corrected chi connectivity index (χ1v) is 12.0. The van der Waals surface area contributed by atoms with Crippen molar-refractivity contribution >= 4 is 11.6 Å². The molecule has 1 amide bonds. The molecular weight excluding hydrogens is 460 g/mol. The summed E-state index contributed by atoms with van der Waals surface area (Å²) in [6.45, 7) is 6.24. The first-order valence-electron chi connectivity index (χ1n) is 12.0. The van der Waals surface area contributed by atoms with Crippen LogP contribution in [0.1, 0.15) is 61.8 Å². The summed E-state index contributed by atoms with van der Waals surface area (Å²) in [6, 6.07) is 7.15. The van der Waals surface area contributed by atoms with E-state index in [1.165, 1.54) is 0 Å². The van der Waals surface area contributed by atoms with Gasteiger partial charge in [0, 0.05) is 12.1 Å². The van der Waals surface area contributed by atoms with E-state index in [2.05, 4.69) is 30.8 Å². The summed E-state index contributed by atoms with van der Waals surface area (Å²) in [6.07, 6.45) is 7.61. The molecule has 1 N–H and O–H groups in total. The summed E-state index contributed by atoms with van der Waals surface area (Å²) >= 11 is 0. The number of anilines is 1. The lowest BCUT2D eigenvalue weighted by Gasteiger charge is -2.16. The number of pyridine rings is 1. The quantitative estimate of drug-likeness (QED) is 0.437. The fourth-order valence-electron chi connectivity index (χ4n) is 4.26. The second kappa shape index (κ2) is 8.74. The molecule has 184 valence electrons. The van der Waals surface area contributed by atoms with Gasteiger partial charge < -0.3 is 19.4 Å². The van der Waals surface area contributed by atoms with Crippen LogP contribution in [0, 0.1) is 0 Å². The summed E-state index contributed by atoms with van der Waals surface area (Å²) in [5, 5.41) is 15.0.